The fourth-order valence-corrected chi connectivity index (χ4v) is 3.99. The second-order valence-corrected chi connectivity index (χ2v) is 7.32. The number of nitrogens with zero attached hydrogens (tertiary/aromatic N) is 5. The predicted molar refractivity (Wildman–Crippen MR) is 104 cm³/mol. The smallest absolute Gasteiger partial charge is 0.105 e. The monoisotopic (exact) mass is 349 g/mol. The summed E-state index contributed by atoms with van der Waals surface area (Å²) in [6, 6.07) is 8.76. The first-order chi connectivity index (χ1) is 12.7. The topological polar surface area (TPSA) is 46.8 Å². The number of imidazole rings is 1. The van der Waals surface area contributed by atoms with Crippen LogP contribution in [0.1, 0.15) is 42.9 Å². The lowest BCUT2D eigenvalue weighted by Gasteiger charge is -2.36. The van der Waals surface area contributed by atoms with Crippen molar-refractivity contribution in [2.75, 3.05) is 6.54 Å². The number of para-hydroxylation sites is 2. The largest absolute Gasteiger partial charge is 0.335 e. The summed E-state index contributed by atoms with van der Waals surface area (Å²) < 4.78 is 2.26. The van der Waals surface area contributed by atoms with Gasteiger partial charge < -0.3 is 4.57 Å². The Morgan fingerprint density at radius 3 is 2.65 bits per heavy atom. The Hall–Kier alpha value is -2.27. The third kappa shape index (κ3) is 3.63. The van der Waals surface area contributed by atoms with Gasteiger partial charge in [0.1, 0.15) is 5.82 Å². The van der Waals surface area contributed by atoms with E-state index in [9.17, 15) is 0 Å². The van der Waals surface area contributed by atoms with Crippen molar-refractivity contribution >= 4 is 11.0 Å². The maximum absolute atomic E-state index is 4.91. The number of rotatable bonds is 5. The van der Waals surface area contributed by atoms with Gasteiger partial charge in [0.25, 0.3) is 0 Å². The highest BCUT2D eigenvalue weighted by Crippen LogP contribution is 2.23. The first-order valence-corrected chi connectivity index (χ1v) is 9.65. The average molecular weight is 349 g/mol. The molecular formula is C21H27N5. The summed E-state index contributed by atoms with van der Waals surface area (Å²) in [7, 11) is 0. The van der Waals surface area contributed by atoms with Crippen LogP contribution in [0.2, 0.25) is 0 Å². The average Bonchev–Trinajstić information content (AvgIpc) is 3.06. The molecule has 0 aliphatic carbocycles. The van der Waals surface area contributed by atoms with E-state index in [2.05, 4.69) is 40.6 Å². The van der Waals surface area contributed by atoms with Crippen LogP contribution in [-0.2, 0) is 13.1 Å². The Morgan fingerprint density at radius 1 is 1.08 bits per heavy atom. The van der Waals surface area contributed by atoms with Crippen molar-refractivity contribution in [1.29, 1.82) is 0 Å². The van der Waals surface area contributed by atoms with Gasteiger partial charge in [0.15, 0.2) is 0 Å². The van der Waals surface area contributed by atoms with E-state index in [1.807, 2.05) is 24.4 Å². The van der Waals surface area contributed by atoms with Crippen LogP contribution in [0.5, 0.6) is 0 Å². The van der Waals surface area contributed by atoms with E-state index in [0.29, 0.717) is 6.04 Å². The van der Waals surface area contributed by atoms with E-state index < -0.39 is 0 Å². The summed E-state index contributed by atoms with van der Waals surface area (Å²) in [4.78, 5) is 16.6. The molecular weight excluding hydrogens is 322 g/mol. The number of hydrogen-bond acceptors (Lipinski definition) is 4. The molecule has 26 heavy (non-hydrogen) atoms. The highest BCUT2D eigenvalue weighted by molar-refractivity contribution is 5.74. The molecule has 0 saturated carbocycles. The number of benzene rings is 1. The molecule has 1 aromatic carbocycles. The van der Waals surface area contributed by atoms with Crippen LogP contribution in [0, 0.1) is 13.8 Å². The van der Waals surface area contributed by atoms with Crippen molar-refractivity contribution in [3.05, 3.63) is 53.9 Å². The molecule has 1 atom stereocenters. The maximum atomic E-state index is 4.91. The molecule has 136 valence electrons. The van der Waals surface area contributed by atoms with Crippen LogP contribution in [0.25, 0.3) is 11.0 Å². The molecule has 3 heterocycles. The van der Waals surface area contributed by atoms with Crippen LogP contribution < -0.4 is 0 Å². The van der Waals surface area contributed by atoms with Gasteiger partial charge in [-0.15, -0.1) is 0 Å². The molecule has 1 aliphatic rings. The van der Waals surface area contributed by atoms with Gasteiger partial charge in [-0.25, -0.2) is 15.0 Å². The fraction of sp³-hybridized carbons (Fsp3) is 0.476. The fourth-order valence-electron chi connectivity index (χ4n) is 3.99. The van der Waals surface area contributed by atoms with Crippen molar-refractivity contribution < 1.29 is 0 Å². The normalized spacial score (nSPS) is 18.5. The lowest BCUT2D eigenvalue weighted by molar-refractivity contribution is 0.126. The summed E-state index contributed by atoms with van der Waals surface area (Å²) in [6.07, 6.45) is 9.02. The third-order valence-corrected chi connectivity index (χ3v) is 5.57. The highest BCUT2D eigenvalue weighted by Gasteiger charge is 2.23. The van der Waals surface area contributed by atoms with Gasteiger partial charge in [-0.3, -0.25) is 4.90 Å². The summed E-state index contributed by atoms with van der Waals surface area (Å²) in [5.74, 6) is 1.10. The van der Waals surface area contributed by atoms with E-state index in [-0.39, 0.29) is 0 Å². The van der Waals surface area contributed by atoms with Crippen molar-refractivity contribution in [2.45, 2.75) is 58.7 Å². The van der Waals surface area contributed by atoms with Gasteiger partial charge in [0, 0.05) is 31.5 Å². The number of aromatic nitrogens is 4. The first kappa shape index (κ1) is 17.2. The molecule has 0 spiro atoms. The van der Waals surface area contributed by atoms with E-state index in [1.165, 1.54) is 19.3 Å². The molecule has 0 bridgehead atoms. The zero-order chi connectivity index (χ0) is 17.9. The van der Waals surface area contributed by atoms with Crippen LogP contribution in [-0.4, -0.2) is 37.0 Å². The van der Waals surface area contributed by atoms with Gasteiger partial charge in [-0.2, -0.15) is 0 Å². The number of aryl methyl sites for hydroxylation is 3. The van der Waals surface area contributed by atoms with Crippen LogP contribution >= 0.6 is 0 Å². The Bertz CT molecular complexity index is 885. The number of likely N-dealkylation sites (tertiary alicyclic amines) is 1. The van der Waals surface area contributed by atoms with Crippen LogP contribution in [0.4, 0.5) is 0 Å². The number of hydrogen-bond donors (Lipinski definition) is 0. The molecule has 3 aromatic rings. The SMILES string of the molecule is Cc1nc2ccccc2nc1CN1CCCCC1CCn1ccnc1C. The summed E-state index contributed by atoms with van der Waals surface area (Å²) in [5, 5.41) is 0. The Morgan fingerprint density at radius 2 is 1.88 bits per heavy atom. The molecule has 0 radical (unpaired) electrons. The number of fused-ring (bicyclic) bond motifs is 1. The van der Waals surface area contributed by atoms with Gasteiger partial charge >= 0.3 is 0 Å². The molecule has 0 N–H and O–H groups in total. The predicted octanol–water partition coefficient (Wildman–Crippen LogP) is 3.89. The second kappa shape index (κ2) is 7.54. The van der Waals surface area contributed by atoms with E-state index in [1.54, 1.807) is 0 Å². The molecule has 4 rings (SSSR count). The standard InChI is InChI=1S/C21H27N5/c1-16-21(24-20-9-4-3-8-19(20)23-16)15-26-12-6-5-7-18(26)10-13-25-14-11-22-17(25)2/h3-4,8-9,11,14,18H,5-7,10,12-13,15H2,1-2H3. The zero-order valence-electron chi connectivity index (χ0n) is 15.7. The van der Waals surface area contributed by atoms with E-state index >= 15 is 0 Å². The van der Waals surface area contributed by atoms with Gasteiger partial charge in [0.05, 0.1) is 22.4 Å². The van der Waals surface area contributed by atoms with Crippen molar-refractivity contribution in [1.82, 2.24) is 24.4 Å². The molecule has 5 heteroatoms. The summed E-state index contributed by atoms with van der Waals surface area (Å²) in [5.41, 5.74) is 4.16. The summed E-state index contributed by atoms with van der Waals surface area (Å²) in [6.45, 7) is 7.25. The van der Waals surface area contributed by atoms with E-state index in [0.717, 1.165) is 54.3 Å². The molecule has 1 fully saturated rings. The molecule has 1 saturated heterocycles. The molecule has 0 amide bonds. The highest BCUT2D eigenvalue weighted by atomic mass is 15.2. The van der Waals surface area contributed by atoms with Gasteiger partial charge in [-0.1, -0.05) is 18.6 Å². The lowest BCUT2D eigenvalue weighted by atomic mass is 9.98. The Kier molecular flexibility index (Phi) is 4.98. The van der Waals surface area contributed by atoms with Crippen molar-refractivity contribution in [3.63, 3.8) is 0 Å². The van der Waals surface area contributed by atoms with Gasteiger partial charge in [0.2, 0.25) is 0 Å². The second-order valence-electron chi connectivity index (χ2n) is 7.32. The maximum Gasteiger partial charge on any atom is 0.105 e. The van der Waals surface area contributed by atoms with Gasteiger partial charge in [-0.05, 0) is 51.8 Å². The number of piperidine rings is 1. The third-order valence-electron chi connectivity index (χ3n) is 5.57. The minimum atomic E-state index is 0.609. The first-order valence-electron chi connectivity index (χ1n) is 9.65. The van der Waals surface area contributed by atoms with Crippen molar-refractivity contribution in [2.24, 2.45) is 0 Å². The van der Waals surface area contributed by atoms with Crippen LogP contribution in [0.15, 0.2) is 36.7 Å². The van der Waals surface area contributed by atoms with Crippen molar-refractivity contribution in [3.8, 4) is 0 Å². The quantitative estimate of drug-likeness (QED) is 0.701. The minimum absolute atomic E-state index is 0.609. The molecule has 5 nitrogen and oxygen atoms in total. The Balaban J connectivity index is 1.49. The van der Waals surface area contributed by atoms with E-state index in [4.69, 9.17) is 9.97 Å². The minimum Gasteiger partial charge on any atom is -0.335 e. The molecule has 1 unspecified atom stereocenters. The van der Waals surface area contributed by atoms with Crippen LogP contribution in [0.3, 0.4) is 0 Å². The molecule has 1 aliphatic heterocycles. The zero-order valence-corrected chi connectivity index (χ0v) is 15.7. The summed E-state index contributed by atoms with van der Waals surface area (Å²) >= 11 is 0. The lowest BCUT2D eigenvalue weighted by Crippen LogP contribution is -2.40. The Labute approximate surface area is 155 Å². The molecule has 2 aromatic heterocycles.